The zero-order valence-electron chi connectivity index (χ0n) is 15.5. The molecule has 0 spiro atoms. The predicted octanol–water partition coefficient (Wildman–Crippen LogP) is 3.41. The average Bonchev–Trinajstić information content (AvgIpc) is 2.64. The van der Waals surface area contributed by atoms with Gasteiger partial charge in [-0.2, -0.15) is 0 Å². The molecule has 5 heteroatoms. The monoisotopic (exact) mass is 354 g/mol. The van der Waals surface area contributed by atoms with E-state index in [-0.39, 0.29) is 18.4 Å². The Morgan fingerprint density at radius 3 is 2.23 bits per heavy atom. The second-order valence-corrected chi connectivity index (χ2v) is 6.30. The van der Waals surface area contributed by atoms with Crippen molar-refractivity contribution in [1.29, 1.82) is 0 Å². The van der Waals surface area contributed by atoms with E-state index < -0.39 is 5.91 Å². The predicted molar refractivity (Wildman–Crippen MR) is 102 cm³/mol. The SMILES string of the molecule is CCCC(C(=O)NNC(=O)COc1c(C)cccc1C)c1ccccc1. The largest absolute Gasteiger partial charge is 0.483 e. The summed E-state index contributed by atoms with van der Waals surface area (Å²) in [7, 11) is 0. The Hall–Kier alpha value is -2.82. The summed E-state index contributed by atoms with van der Waals surface area (Å²) in [6, 6.07) is 15.4. The summed E-state index contributed by atoms with van der Waals surface area (Å²) >= 11 is 0. The Morgan fingerprint density at radius 2 is 1.62 bits per heavy atom. The van der Waals surface area contributed by atoms with Crippen molar-refractivity contribution in [3.8, 4) is 5.75 Å². The molecule has 138 valence electrons. The fourth-order valence-corrected chi connectivity index (χ4v) is 2.84. The number of hydrazine groups is 1. The molecule has 2 aromatic rings. The third kappa shape index (κ3) is 5.34. The van der Waals surface area contributed by atoms with Gasteiger partial charge in [0.1, 0.15) is 5.75 Å². The van der Waals surface area contributed by atoms with E-state index in [2.05, 4.69) is 10.9 Å². The lowest BCUT2D eigenvalue weighted by atomic mass is 9.94. The van der Waals surface area contributed by atoms with E-state index in [9.17, 15) is 9.59 Å². The van der Waals surface area contributed by atoms with Gasteiger partial charge in [-0.25, -0.2) is 0 Å². The maximum absolute atomic E-state index is 12.5. The number of aryl methyl sites for hydroxylation is 2. The molecule has 2 rings (SSSR count). The summed E-state index contributed by atoms with van der Waals surface area (Å²) in [5.74, 6) is -0.217. The van der Waals surface area contributed by atoms with Crippen molar-refractivity contribution in [2.75, 3.05) is 6.61 Å². The maximum Gasteiger partial charge on any atom is 0.276 e. The zero-order valence-corrected chi connectivity index (χ0v) is 15.5. The van der Waals surface area contributed by atoms with Crippen molar-refractivity contribution in [2.45, 2.75) is 39.5 Å². The summed E-state index contributed by atoms with van der Waals surface area (Å²) in [6.07, 6.45) is 1.58. The van der Waals surface area contributed by atoms with Crippen molar-refractivity contribution >= 4 is 11.8 Å². The Balaban J connectivity index is 1.88. The molecular formula is C21H26N2O3. The molecule has 5 nitrogen and oxygen atoms in total. The summed E-state index contributed by atoms with van der Waals surface area (Å²) in [4.78, 5) is 24.5. The van der Waals surface area contributed by atoms with Gasteiger partial charge in [0.05, 0.1) is 5.92 Å². The Morgan fingerprint density at radius 1 is 0.962 bits per heavy atom. The Kier molecular flexibility index (Phi) is 7.21. The minimum absolute atomic E-state index is 0.157. The molecule has 0 aliphatic heterocycles. The van der Waals surface area contributed by atoms with Crippen molar-refractivity contribution in [1.82, 2.24) is 10.9 Å². The smallest absolute Gasteiger partial charge is 0.276 e. The minimum Gasteiger partial charge on any atom is -0.483 e. The van der Waals surface area contributed by atoms with Gasteiger partial charge in [0.2, 0.25) is 5.91 Å². The summed E-state index contributed by atoms with van der Waals surface area (Å²) < 4.78 is 5.59. The lowest BCUT2D eigenvalue weighted by Crippen LogP contribution is -2.45. The first kappa shape index (κ1) is 19.5. The molecule has 0 aliphatic carbocycles. The molecule has 0 radical (unpaired) electrons. The second-order valence-electron chi connectivity index (χ2n) is 6.30. The quantitative estimate of drug-likeness (QED) is 0.749. The number of carbonyl (C=O) groups excluding carboxylic acids is 2. The van der Waals surface area contributed by atoms with Crippen LogP contribution in [-0.4, -0.2) is 18.4 Å². The number of amides is 2. The van der Waals surface area contributed by atoms with Crippen LogP contribution in [0.4, 0.5) is 0 Å². The lowest BCUT2D eigenvalue weighted by molar-refractivity contribution is -0.130. The van der Waals surface area contributed by atoms with Crippen LogP contribution < -0.4 is 15.6 Å². The van der Waals surface area contributed by atoms with Gasteiger partial charge in [-0.05, 0) is 37.0 Å². The van der Waals surface area contributed by atoms with E-state index in [0.717, 1.165) is 23.1 Å². The summed E-state index contributed by atoms with van der Waals surface area (Å²) in [5.41, 5.74) is 7.82. The standard InChI is InChI=1S/C21H26N2O3/c1-4-9-18(17-12-6-5-7-13-17)21(25)23-22-19(24)14-26-20-15(2)10-8-11-16(20)3/h5-8,10-13,18H,4,9,14H2,1-3H3,(H,22,24)(H,23,25). The lowest BCUT2D eigenvalue weighted by Gasteiger charge is -2.17. The molecule has 0 aromatic heterocycles. The first-order valence-electron chi connectivity index (χ1n) is 8.85. The number of benzene rings is 2. The van der Waals surface area contributed by atoms with Gasteiger partial charge in [0, 0.05) is 0 Å². The van der Waals surface area contributed by atoms with Crippen LogP contribution in [0.5, 0.6) is 5.75 Å². The first-order valence-corrected chi connectivity index (χ1v) is 8.85. The van der Waals surface area contributed by atoms with E-state index in [1.54, 1.807) is 0 Å². The normalized spacial score (nSPS) is 11.5. The van der Waals surface area contributed by atoms with Crippen molar-refractivity contribution in [3.63, 3.8) is 0 Å². The van der Waals surface area contributed by atoms with Crippen LogP contribution in [-0.2, 0) is 9.59 Å². The number of carbonyl (C=O) groups is 2. The molecule has 0 fully saturated rings. The third-order valence-electron chi connectivity index (χ3n) is 4.18. The van der Waals surface area contributed by atoms with Crippen LogP contribution in [0.15, 0.2) is 48.5 Å². The number of nitrogens with one attached hydrogen (secondary N) is 2. The minimum atomic E-state index is -0.399. The van der Waals surface area contributed by atoms with E-state index in [4.69, 9.17) is 4.74 Å². The second kappa shape index (κ2) is 9.61. The van der Waals surface area contributed by atoms with Crippen molar-refractivity contribution in [2.24, 2.45) is 0 Å². The molecule has 0 saturated heterocycles. The van der Waals surface area contributed by atoms with Gasteiger partial charge in [-0.15, -0.1) is 0 Å². The number of hydrogen-bond donors (Lipinski definition) is 2. The van der Waals surface area contributed by atoms with Gasteiger partial charge in [0.25, 0.3) is 5.91 Å². The Bertz CT molecular complexity index is 724. The summed E-state index contributed by atoms with van der Waals surface area (Å²) in [6.45, 7) is 5.73. The fraction of sp³-hybridized carbons (Fsp3) is 0.333. The van der Waals surface area contributed by atoms with Crippen LogP contribution in [0, 0.1) is 13.8 Å². The molecule has 0 bridgehead atoms. The molecule has 0 aliphatic rings. The highest BCUT2D eigenvalue weighted by atomic mass is 16.5. The van der Waals surface area contributed by atoms with Gasteiger partial charge in [-0.3, -0.25) is 20.4 Å². The number of hydrogen-bond acceptors (Lipinski definition) is 3. The average molecular weight is 354 g/mol. The fourth-order valence-electron chi connectivity index (χ4n) is 2.84. The van der Waals surface area contributed by atoms with E-state index >= 15 is 0 Å². The van der Waals surface area contributed by atoms with Crippen LogP contribution in [0.25, 0.3) is 0 Å². The number of rotatable bonds is 7. The van der Waals surface area contributed by atoms with Crippen LogP contribution in [0.2, 0.25) is 0 Å². The maximum atomic E-state index is 12.5. The van der Waals surface area contributed by atoms with E-state index in [1.807, 2.05) is 69.3 Å². The van der Waals surface area contributed by atoms with E-state index in [1.165, 1.54) is 0 Å². The number of ether oxygens (including phenoxy) is 1. The molecule has 26 heavy (non-hydrogen) atoms. The molecule has 2 aromatic carbocycles. The van der Waals surface area contributed by atoms with Crippen LogP contribution in [0.3, 0.4) is 0 Å². The molecular weight excluding hydrogens is 328 g/mol. The number of para-hydroxylation sites is 1. The van der Waals surface area contributed by atoms with Crippen LogP contribution in [0.1, 0.15) is 42.4 Å². The van der Waals surface area contributed by atoms with Crippen molar-refractivity contribution in [3.05, 3.63) is 65.2 Å². The zero-order chi connectivity index (χ0) is 18.9. The highest BCUT2D eigenvalue weighted by Crippen LogP contribution is 2.22. The topological polar surface area (TPSA) is 67.4 Å². The Labute approximate surface area is 154 Å². The van der Waals surface area contributed by atoms with Gasteiger partial charge in [-0.1, -0.05) is 61.9 Å². The molecule has 0 heterocycles. The molecule has 2 amide bonds. The molecule has 2 N–H and O–H groups in total. The van der Waals surface area contributed by atoms with Gasteiger partial charge >= 0.3 is 0 Å². The summed E-state index contributed by atoms with van der Waals surface area (Å²) in [5, 5.41) is 0. The highest BCUT2D eigenvalue weighted by molar-refractivity contribution is 5.86. The van der Waals surface area contributed by atoms with Gasteiger partial charge < -0.3 is 4.74 Å². The molecule has 0 saturated carbocycles. The first-order chi connectivity index (χ1) is 12.5. The van der Waals surface area contributed by atoms with Crippen molar-refractivity contribution < 1.29 is 14.3 Å². The van der Waals surface area contributed by atoms with Crippen LogP contribution >= 0.6 is 0 Å². The van der Waals surface area contributed by atoms with E-state index in [0.29, 0.717) is 12.2 Å². The molecule has 1 atom stereocenters. The third-order valence-corrected chi connectivity index (χ3v) is 4.18. The molecule has 1 unspecified atom stereocenters. The highest BCUT2D eigenvalue weighted by Gasteiger charge is 2.20. The van der Waals surface area contributed by atoms with Gasteiger partial charge in [0.15, 0.2) is 6.61 Å².